The van der Waals surface area contributed by atoms with Gasteiger partial charge in [-0.2, -0.15) is 5.10 Å². The van der Waals surface area contributed by atoms with Gasteiger partial charge in [-0.25, -0.2) is 10.4 Å². The predicted molar refractivity (Wildman–Crippen MR) is 121 cm³/mol. The first-order chi connectivity index (χ1) is 14.5. The Balaban J connectivity index is 1.50. The minimum Gasteiger partial charge on any atom is -0.507 e. The average Bonchev–Trinajstić information content (AvgIpc) is 3.19. The fraction of sp³-hybridized carbons (Fsp3) is 0.0476. The molecule has 2 aromatic heterocycles. The zero-order valence-corrected chi connectivity index (χ0v) is 17.9. The van der Waals surface area contributed by atoms with Crippen molar-refractivity contribution in [2.45, 2.75) is 6.54 Å². The Morgan fingerprint density at radius 2 is 2.03 bits per heavy atom. The molecule has 4 aromatic rings. The highest BCUT2D eigenvalue weighted by Gasteiger charge is 2.12. The second-order valence-corrected chi connectivity index (χ2v) is 8.32. The van der Waals surface area contributed by atoms with Crippen molar-refractivity contribution < 1.29 is 9.90 Å². The molecule has 0 aliphatic heterocycles. The highest BCUT2D eigenvalue weighted by Crippen LogP contribution is 2.30. The number of carbonyl (C=O) groups is 1. The fourth-order valence-electron chi connectivity index (χ4n) is 2.81. The Morgan fingerprint density at radius 1 is 1.23 bits per heavy atom. The number of aromatic hydroxyl groups is 1. The van der Waals surface area contributed by atoms with Gasteiger partial charge in [0.05, 0.1) is 17.9 Å². The summed E-state index contributed by atoms with van der Waals surface area (Å²) in [5.74, 6) is -0.448. The zero-order valence-electron chi connectivity index (χ0n) is 15.4. The first kappa shape index (κ1) is 20.0. The number of phenols is 1. The third-order valence-electron chi connectivity index (χ3n) is 4.27. The molecule has 2 N–H and O–H groups in total. The van der Waals surface area contributed by atoms with Crippen LogP contribution in [0.15, 0.2) is 75.3 Å². The van der Waals surface area contributed by atoms with E-state index in [1.54, 1.807) is 18.2 Å². The molecule has 0 fully saturated rings. The first-order valence-corrected chi connectivity index (χ1v) is 10.5. The summed E-state index contributed by atoms with van der Waals surface area (Å²) in [4.78, 5) is 30.8. The van der Waals surface area contributed by atoms with E-state index >= 15 is 0 Å². The van der Waals surface area contributed by atoms with Crippen molar-refractivity contribution in [3.05, 3.63) is 81.3 Å². The van der Waals surface area contributed by atoms with Gasteiger partial charge < -0.3 is 5.11 Å². The second-order valence-electron chi connectivity index (χ2n) is 6.37. The van der Waals surface area contributed by atoms with E-state index in [0.29, 0.717) is 15.8 Å². The molecular formula is C21H15BrN4O3S. The topological polar surface area (TPSA) is 96.6 Å². The molecule has 0 aliphatic rings. The molecule has 4 rings (SSSR count). The maximum absolute atomic E-state index is 12.8. The molecule has 1 amide bonds. The van der Waals surface area contributed by atoms with Crippen LogP contribution in [-0.2, 0) is 11.3 Å². The van der Waals surface area contributed by atoms with Crippen molar-refractivity contribution in [1.29, 1.82) is 0 Å². The number of nitrogens with one attached hydrogen (secondary N) is 1. The largest absolute Gasteiger partial charge is 0.507 e. The maximum atomic E-state index is 12.8. The average molecular weight is 483 g/mol. The number of halogens is 1. The molecule has 2 heterocycles. The number of carbonyl (C=O) groups excluding carboxylic acids is 1. The molecule has 0 bridgehead atoms. The van der Waals surface area contributed by atoms with Crippen molar-refractivity contribution in [2.75, 3.05) is 0 Å². The van der Waals surface area contributed by atoms with Gasteiger partial charge in [0.1, 0.15) is 17.1 Å². The fourth-order valence-corrected chi connectivity index (χ4v) is 4.18. The lowest BCUT2D eigenvalue weighted by Gasteiger charge is -2.04. The van der Waals surface area contributed by atoms with Gasteiger partial charge in [-0.1, -0.05) is 46.3 Å². The Kier molecular flexibility index (Phi) is 5.73. The van der Waals surface area contributed by atoms with Crippen LogP contribution in [0.5, 0.6) is 5.75 Å². The molecule has 30 heavy (non-hydrogen) atoms. The molecule has 0 aliphatic carbocycles. The molecule has 2 aromatic carbocycles. The van der Waals surface area contributed by atoms with E-state index in [2.05, 4.69) is 31.4 Å². The van der Waals surface area contributed by atoms with E-state index < -0.39 is 5.91 Å². The molecule has 0 spiro atoms. The Labute approximate surface area is 183 Å². The Hall–Kier alpha value is -3.30. The minimum atomic E-state index is -0.484. The lowest BCUT2D eigenvalue weighted by molar-refractivity contribution is -0.121. The van der Waals surface area contributed by atoms with Crippen LogP contribution in [0.25, 0.3) is 20.7 Å². The summed E-state index contributed by atoms with van der Waals surface area (Å²) >= 11 is 4.73. The molecule has 0 saturated heterocycles. The predicted octanol–water partition coefficient (Wildman–Crippen LogP) is 3.74. The van der Waals surface area contributed by atoms with E-state index in [9.17, 15) is 14.7 Å². The normalized spacial score (nSPS) is 11.2. The molecule has 7 nitrogen and oxygen atoms in total. The lowest BCUT2D eigenvalue weighted by atomic mass is 10.2. The van der Waals surface area contributed by atoms with Gasteiger partial charge in [-0.3, -0.25) is 14.2 Å². The number of nitrogens with zero attached hydrogens (tertiary/aromatic N) is 3. The number of aromatic nitrogens is 2. The summed E-state index contributed by atoms with van der Waals surface area (Å²) in [5.41, 5.74) is 3.51. The number of benzene rings is 2. The summed E-state index contributed by atoms with van der Waals surface area (Å²) in [6, 6.07) is 16.4. The first-order valence-electron chi connectivity index (χ1n) is 8.86. The summed E-state index contributed by atoms with van der Waals surface area (Å²) in [6.07, 6.45) is 2.69. The van der Waals surface area contributed by atoms with E-state index in [-0.39, 0.29) is 17.9 Å². The molecule has 0 radical (unpaired) electrons. The SMILES string of the molecule is O=C(Cn1cnc2sc(-c3ccccc3)cc2c1=O)N/N=C/c1cc(Br)ccc1O. The van der Waals surface area contributed by atoms with Crippen LogP contribution in [0, 0.1) is 0 Å². The van der Waals surface area contributed by atoms with Gasteiger partial charge in [0, 0.05) is 14.9 Å². The molecule has 0 atom stereocenters. The highest BCUT2D eigenvalue weighted by molar-refractivity contribution is 9.10. The number of hydrazone groups is 1. The van der Waals surface area contributed by atoms with Crippen molar-refractivity contribution in [2.24, 2.45) is 5.10 Å². The van der Waals surface area contributed by atoms with Gasteiger partial charge in [0.2, 0.25) is 0 Å². The standard InChI is InChI=1S/C21H15BrN4O3S/c22-15-6-7-17(27)14(8-15)10-24-25-19(28)11-26-12-23-20-16(21(26)29)9-18(30-20)13-4-2-1-3-5-13/h1-10,12,27H,11H2,(H,25,28)/b24-10+. The van der Waals surface area contributed by atoms with E-state index in [1.807, 2.05) is 30.3 Å². The number of hydrogen-bond acceptors (Lipinski definition) is 6. The van der Waals surface area contributed by atoms with Crippen LogP contribution in [0.4, 0.5) is 0 Å². The van der Waals surface area contributed by atoms with Gasteiger partial charge >= 0.3 is 0 Å². The number of fused-ring (bicyclic) bond motifs is 1. The van der Waals surface area contributed by atoms with Crippen molar-refractivity contribution in [3.63, 3.8) is 0 Å². The van der Waals surface area contributed by atoms with Gasteiger partial charge in [-0.15, -0.1) is 11.3 Å². The van der Waals surface area contributed by atoms with Gasteiger partial charge in [0.25, 0.3) is 11.5 Å². The number of rotatable bonds is 5. The zero-order chi connectivity index (χ0) is 21.1. The third kappa shape index (κ3) is 4.32. The van der Waals surface area contributed by atoms with Crippen molar-refractivity contribution in [3.8, 4) is 16.2 Å². The third-order valence-corrected chi connectivity index (χ3v) is 5.86. The number of hydrogen-bond donors (Lipinski definition) is 2. The molecule has 0 unspecified atom stereocenters. The monoisotopic (exact) mass is 482 g/mol. The summed E-state index contributed by atoms with van der Waals surface area (Å²) in [7, 11) is 0. The smallest absolute Gasteiger partial charge is 0.262 e. The second kappa shape index (κ2) is 8.60. The lowest BCUT2D eigenvalue weighted by Crippen LogP contribution is -2.29. The van der Waals surface area contributed by atoms with Crippen LogP contribution in [-0.4, -0.2) is 26.8 Å². The molecular weight excluding hydrogens is 468 g/mol. The number of phenolic OH excluding ortho intramolecular Hbond substituents is 1. The minimum absolute atomic E-state index is 0.0359. The quantitative estimate of drug-likeness (QED) is 0.334. The van der Waals surface area contributed by atoms with E-state index in [1.165, 1.54) is 34.5 Å². The Bertz CT molecular complexity index is 1320. The van der Waals surface area contributed by atoms with Gasteiger partial charge in [-0.05, 0) is 29.8 Å². The summed E-state index contributed by atoms with van der Waals surface area (Å²) in [5, 5.41) is 14.1. The van der Waals surface area contributed by atoms with E-state index in [0.717, 1.165) is 14.9 Å². The Morgan fingerprint density at radius 3 is 2.83 bits per heavy atom. The maximum Gasteiger partial charge on any atom is 0.262 e. The van der Waals surface area contributed by atoms with Crippen LogP contribution < -0.4 is 11.0 Å². The van der Waals surface area contributed by atoms with E-state index in [4.69, 9.17) is 0 Å². The van der Waals surface area contributed by atoms with Crippen LogP contribution in [0.1, 0.15) is 5.56 Å². The highest BCUT2D eigenvalue weighted by atomic mass is 79.9. The van der Waals surface area contributed by atoms with Crippen LogP contribution >= 0.6 is 27.3 Å². The molecule has 150 valence electrons. The van der Waals surface area contributed by atoms with Gasteiger partial charge in [0.15, 0.2) is 0 Å². The molecule has 0 saturated carbocycles. The summed E-state index contributed by atoms with van der Waals surface area (Å²) in [6.45, 7) is -0.222. The summed E-state index contributed by atoms with van der Waals surface area (Å²) < 4.78 is 2.01. The van der Waals surface area contributed by atoms with Crippen LogP contribution in [0.3, 0.4) is 0 Å². The number of amides is 1. The van der Waals surface area contributed by atoms with Crippen molar-refractivity contribution >= 4 is 49.6 Å². The van der Waals surface area contributed by atoms with Crippen LogP contribution in [0.2, 0.25) is 0 Å². The van der Waals surface area contributed by atoms with Crippen molar-refractivity contribution in [1.82, 2.24) is 15.0 Å². The molecule has 9 heteroatoms. The number of thiophene rings is 1.